The number of ether oxygens (including phenoxy) is 3. The summed E-state index contributed by atoms with van der Waals surface area (Å²) in [5, 5.41) is 11.9. The third-order valence-corrected chi connectivity index (χ3v) is 5.79. The standard InChI is InChI=1S/C18H23N5O4S/c1-12(16(24)19-10-13-3-4-14-15(9-13)27-11-26-14)28-18-21-20-17(22(18)2)23-5-7-25-8-6-23/h3-4,9,12H,5-8,10-11H2,1-2H3,(H,19,24). The minimum Gasteiger partial charge on any atom is -0.454 e. The highest BCUT2D eigenvalue weighted by atomic mass is 32.2. The van der Waals surface area contributed by atoms with Gasteiger partial charge in [0.15, 0.2) is 16.7 Å². The Morgan fingerprint density at radius 3 is 2.86 bits per heavy atom. The van der Waals surface area contributed by atoms with E-state index in [0.29, 0.717) is 30.7 Å². The normalized spacial score (nSPS) is 16.9. The van der Waals surface area contributed by atoms with Crippen molar-refractivity contribution in [3.8, 4) is 11.5 Å². The molecule has 9 nitrogen and oxygen atoms in total. The molecule has 1 saturated heterocycles. The summed E-state index contributed by atoms with van der Waals surface area (Å²) in [5.41, 5.74) is 0.961. The summed E-state index contributed by atoms with van der Waals surface area (Å²) in [5.74, 6) is 2.19. The predicted octanol–water partition coefficient (Wildman–Crippen LogP) is 1.18. The number of hydrogen-bond donors (Lipinski definition) is 1. The Balaban J connectivity index is 1.32. The number of thioether (sulfide) groups is 1. The van der Waals surface area contributed by atoms with Crippen molar-refractivity contribution in [1.82, 2.24) is 20.1 Å². The van der Waals surface area contributed by atoms with Gasteiger partial charge in [-0.3, -0.25) is 9.36 Å². The van der Waals surface area contributed by atoms with Crippen LogP contribution < -0.4 is 19.7 Å². The highest BCUT2D eigenvalue weighted by molar-refractivity contribution is 8.00. The maximum atomic E-state index is 12.5. The van der Waals surface area contributed by atoms with Crippen LogP contribution in [0.25, 0.3) is 0 Å². The molecule has 0 radical (unpaired) electrons. The first kappa shape index (κ1) is 18.9. The molecule has 4 rings (SSSR count). The largest absolute Gasteiger partial charge is 0.454 e. The molecule has 2 aliphatic heterocycles. The monoisotopic (exact) mass is 405 g/mol. The number of nitrogens with zero attached hydrogens (tertiary/aromatic N) is 4. The maximum absolute atomic E-state index is 12.5. The Morgan fingerprint density at radius 1 is 1.25 bits per heavy atom. The first-order valence-corrected chi connectivity index (χ1v) is 10.0. The summed E-state index contributed by atoms with van der Waals surface area (Å²) >= 11 is 1.39. The van der Waals surface area contributed by atoms with E-state index >= 15 is 0 Å². The van der Waals surface area contributed by atoms with Crippen LogP contribution in [0.5, 0.6) is 11.5 Å². The van der Waals surface area contributed by atoms with Crippen molar-refractivity contribution in [1.29, 1.82) is 0 Å². The van der Waals surface area contributed by atoms with Crippen molar-refractivity contribution in [3.05, 3.63) is 23.8 Å². The van der Waals surface area contributed by atoms with Crippen LogP contribution >= 0.6 is 11.8 Å². The molecule has 1 atom stereocenters. The van der Waals surface area contributed by atoms with Gasteiger partial charge in [0.2, 0.25) is 18.6 Å². The average molecular weight is 405 g/mol. The lowest BCUT2D eigenvalue weighted by atomic mass is 10.2. The minimum atomic E-state index is -0.297. The van der Waals surface area contributed by atoms with Crippen LogP contribution in [-0.2, 0) is 23.1 Å². The smallest absolute Gasteiger partial charge is 0.233 e. The van der Waals surface area contributed by atoms with E-state index in [1.54, 1.807) is 0 Å². The number of rotatable bonds is 6. The summed E-state index contributed by atoms with van der Waals surface area (Å²) in [6.45, 7) is 5.50. The van der Waals surface area contributed by atoms with Gasteiger partial charge in [-0.15, -0.1) is 10.2 Å². The third kappa shape index (κ3) is 4.02. The van der Waals surface area contributed by atoms with Gasteiger partial charge >= 0.3 is 0 Å². The zero-order valence-corrected chi connectivity index (χ0v) is 16.7. The van der Waals surface area contributed by atoms with E-state index in [1.807, 2.05) is 36.7 Å². The molecule has 1 amide bonds. The molecule has 0 aliphatic carbocycles. The molecule has 1 aromatic heterocycles. The third-order valence-electron chi connectivity index (χ3n) is 4.66. The molecular formula is C18H23N5O4S. The minimum absolute atomic E-state index is 0.0569. The van der Waals surface area contributed by atoms with E-state index in [-0.39, 0.29) is 18.0 Å². The molecule has 1 fully saturated rings. The fraction of sp³-hybridized carbons (Fsp3) is 0.500. The van der Waals surface area contributed by atoms with E-state index in [1.165, 1.54) is 11.8 Å². The number of carbonyl (C=O) groups excluding carboxylic acids is 1. The molecule has 28 heavy (non-hydrogen) atoms. The van der Waals surface area contributed by atoms with E-state index in [9.17, 15) is 4.79 Å². The molecule has 0 saturated carbocycles. The van der Waals surface area contributed by atoms with Gasteiger partial charge in [0.25, 0.3) is 0 Å². The van der Waals surface area contributed by atoms with Gasteiger partial charge in [-0.1, -0.05) is 17.8 Å². The predicted molar refractivity (Wildman–Crippen MR) is 104 cm³/mol. The van der Waals surface area contributed by atoms with Crippen molar-refractivity contribution >= 4 is 23.6 Å². The van der Waals surface area contributed by atoms with Gasteiger partial charge in [-0.2, -0.15) is 0 Å². The second kappa shape index (κ2) is 8.27. The molecule has 10 heteroatoms. The first-order chi connectivity index (χ1) is 13.6. The number of morpholine rings is 1. The first-order valence-electron chi connectivity index (χ1n) is 9.17. The topological polar surface area (TPSA) is 90.7 Å². The van der Waals surface area contributed by atoms with Crippen molar-refractivity contribution in [3.63, 3.8) is 0 Å². The molecule has 3 heterocycles. The molecule has 1 N–H and O–H groups in total. The van der Waals surface area contributed by atoms with Crippen LogP contribution in [0.15, 0.2) is 23.4 Å². The number of anilines is 1. The second-order valence-corrected chi connectivity index (χ2v) is 7.91. The molecule has 0 bridgehead atoms. The lowest BCUT2D eigenvalue weighted by Crippen LogP contribution is -2.37. The average Bonchev–Trinajstić information content (AvgIpc) is 3.33. The highest BCUT2D eigenvalue weighted by Crippen LogP contribution is 2.32. The number of fused-ring (bicyclic) bond motifs is 1. The Bertz CT molecular complexity index is 852. The van der Waals surface area contributed by atoms with Crippen LogP contribution in [0.2, 0.25) is 0 Å². The number of nitrogens with one attached hydrogen (secondary N) is 1. The van der Waals surface area contributed by atoms with Crippen molar-refractivity contribution < 1.29 is 19.0 Å². The van der Waals surface area contributed by atoms with Gasteiger partial charge < -0.3 is 24.4 Å². The van der Waals surface area contributed by atoms with Crippen LogP contribution in [-0.4, -0.2) is 59.0 Å². The van der Waals surface area contributed by atoms with Crippen molar-refractivity contribution in [2.24, 2.45) is 7.05 Å². The molecule has 0 spiro atoms. The van der Waals surface area contributed by atoms with Gasteiger partial charge in [-0.25, -0.2) is 0 Å². The van der Waals surface area contributed by atoms with Crippen LogP contribution in [0.3, 0.4) is 0 Å². The van der Waals surface area contributed by atoms with Crippen LogP contribution in [0, 0.1) is 0 Å². The molecule has 2 aliphatic rings. The molecule has 150 valence electrons. The zero-order chi connectivity index (χ0) is 19.5. The van der Waals surface area contributed by atoms with Crippen LogP contribution in [0.4, 0.5) is 5.95 Å². The summed E-state index contributed by atoms with van der Waals surface area (Å²) in [6.07, 6.45) is 0. The molecule has 1 aromatic carbocycles. The fourth-order valence-electron chi connectivity index (χ4n) is 3.04. The van der Waals surface area contributed by atoms with Gasteiger partial charge in [0.1, 0.15) is 0 Å². The second-order valence-electron chi connectivity index (χ2n) is 6.61. The molecule has 1 unspecified atom stereocenters. The quantitative estimate of drug-likeness (QED) is 0.717. The Kier molecular flexibility index (Phi) is 5.58. The summed E-state index contributed by atoms with van der Waals surface area (Å²) in [7, 11) is 1.92. The Labute approximate surface area is 167 Å². The summed E-state index contributed by atoms with van der Waals surface area (Å²) in [4.78, 5) is 14.6. The van der Waals surface area contributed by atoms with Crippen LogP contribution in [0.1, 0.15) is 12.5 Å². The number of aromatic nitrogens is 3. The van der Waals surface area contributed by atoms with Gasteiger partial charge in [0.05, 0.1) is 18.5 Å². The van der Waals surface area contributed by atoms with Crippen molar-refractivity contribution in [2.45, 2.75) is 23.9 Å². The Morgan fingerprint density at radius 2 is 2.04 bits per heavy atom. The van der Waals surface area contributed by atoms with Gasteiger partial charge in [0, 0.05) is 26.7 Å². The van der Waals surface area contributed by atoms with E-state index in [2.05, 4.69) is 20.4 Å². The Hall–Kier alpha value is -2.46. The van der Waals surface area contributed by atoms with Crippen molar-refractivity contribution in [2.75, 3.05) is 38.0 Å². The SMILES string of the molecule is CC(Sc1nnc(N2CCOCC2)n1C)C(=O)NCc1ccc2c(c1)OCO2. The molecule has 2 aromatic rings. The zero-order valence-electron chi connectivity index (χ0n) is 15.9. The summed E-state index contributed by atoms with van der Waals surface area (Å²) in [6, 6.07) is 5.66. The van der Waals surface area contributed by atoms with Gasteiger partial charge in [-0.05, 0) is 24.6 Å². The molecular weight excluding hydrogens is 382 g/mol. The number of amides is 1. The number of benzene rings is 1. The highest BCUT2D eigenvalue weighted by Gasteiger charge is 2.22. The maximum Gasteiger partial charge on any atom is 0.233 e. The summed E-state index contributed by atoms with van der Waals surface area (Å²) < 4.78 is 18.0. The lowest BCUT2D eigenvalue weighted by molar-refractivity contribution is -0.120. The number of hydrogen-bond acceptors (Lipinski definition) is 8. The van der Waals surface area contributed by atoms with E-state index in [0.717, 1.165) is 30.4 Å². The number of carbonyl (C=O) groups is 1. The van der Waals surface area contributed by atoms with E-state index < -0.39 is 0 Å². The fourth-order valence-corrected chi connectivity index (χ4v) is 3.88. The van der Waals surface area contributed by atoms with E-state index in [4.69, 9.17) is 14.2 Å². The lowest BCUT2D eigenvalue weighted by Gasteiger charge is -2.27.